The first-order chi connectivity index (χ1) is 11.7. The molecule has 2 aromatic rings. The predicted molar refractivity (Wildman–Crippen MR) is 108 cm³/mol. The van der Waals surface area contributed by atoms with E-state index in [-0.39, 0.29) is 24.4 Å². The number of hydrogen-bond donors (Lipinski definition) is 2. The van der Waals surface area contributed by atoms with Crippen LogP contribution in [0.4, 0.5) is 0 Å². The largest absolute Gasteiger partial charge is 0.343 e. The molecule has 1 aliphatic rings. The lowest BCUT2D eigenvalue weighted by molar-refractivity contribution is -0.122. The van der Waals surface area contributed by atoms with E-state index >= 15 is 0 Å². The number of rotatable bonds is 5. The lowest BCUT2D eigenvalue weighted by Crippen LogP contribution is -2.48. The number of amides is 1. The van der Waals surface area contributed by atoms with Gasteiger partial charge < -0.3 is 10.6 Å². The molecular weight excluding hydrogens is 352 g/mol. The van der Waals surface area contributed by atoms with Crippen molar-refractivity contribution in [3.63, 3.8) is 0 Å². The summed E-state index contributed by atoms with van der Waals surface area (Å²) in [5, 5.41) is 6.72. The zero-order valence-electron chi connectivity index (χ0n) is 14.4. The van der Waals surface area contributed by atoms with Gasteiger partial charge in [-0.1, -0.05) is 60.7 Å². The quantitative estimate of drug-likeness (QED) is 0.837. The van der Waals surface area contributed by atoms with Gasteiger partial charge in [0.25, 0.3) is 0 Å². The normalized spacial score (nSPS) is 17.4. The highest BCUT2D eigenvalue weighted by Gasteiger charge is 2.31. The third-order valence-electron chi connectivity index (χ3n) is 4.52. The second kappa shape index (κ2) is 9.27. The van der Waals surface area contributed by atoms with E-state index in [4.69, 9.17) is 0 Å². The molecule has 1 atom stereocenters. The van der Waals surface area contributed by atoms with Gasteiger partial charge in [-0.2, -0.15) is 11.8 Å². The van der Waals surface area contributed by atoms with Gasteiger partial charge in [0.05, 0.1) is 5.54 Å². The molecular formula is C20H25ClN2OS. The topological polar surface area (TPSA) is 41.1 Å². The average Bonchev–Trinajstić information content (AvgIpc) is 2.64. The fraction of sp³-hybridized carbons (Fsp3) is 0.350. The number of hydrogen-bond acceptors (Lipinski definition) is 3. The van der Waals surface area contributed by atoms with E-state index in [0.29, 0.717) is 6.42 Å². The van der Waals surface area contributed by atoms with Crippen LogP contribution in [0.1, 0.15) is 24.5 Å². The minimum atomic E-state index is -0.526. The van der Waals surface area contributed by atoms with Crippen LogP contribution in [-0.2, 0) is 10.3 Å². The molecule has 134 valence electrons. The van der Waals surface area contributed by atoms with E-state index in [1.165, 1.54) is 0 Å². The molecule has 0 aliphatic carbocycles. The van der Waals surface area contributed by atoms with Gasteiger partial charge in [0.2, 0.25) is 5.91 Å². The molecule has 2 N–H and O–H groups in total. The van der Waals surface area contributed by atoms with Crippen LogP contribution < -0.4 is 10.6 Å². The van der Waals surface area contributed by atoms with Crippen molar-refractivity contribution in [3.05, 3.63) is 71.8 Å². The zero-order valence-corrected chi connectivity index (χ0v) is 16.0. The van der Waals surface area contributed by atoms with Gasteiger partial charge in [0, 0.05) is 30.5 Å². The summed E-state index contributed by atoms with van der Waals surface area (Å²) in [6, 6.07) is 20.6. The van der Waals surface area contributed by atoms with Gasteiger partial charge in [-0.05, 0) is 18.1 Å². The molecule has 0 bridgehead atoms. The Bertz CT molecular complexity index is 620. The minimum absolute atomic E-state index is 0. The lowest BCUT2D eigenvalue weighted by Gasteiger charge is -2.33. The summed E-state index contributed by atoms with van der Waals surface area (Å²) in [5.41, 5.74) is 1.66. The van der Waals surface area contributed by atoms with Crippen LogP contribution in [0, 0.1) is 0 Å². The van der Waals surface area contributed by atoms with Crippen LogP contribution in [0.2, 0.25) is 0 Å². The van der Waals surface area contributed by atoms with Gasteiger partial charge in [0.15, 0.2) is 0 Å². The fourth-order valence-electron chi connectivity index (χ4n) is 3.16. The van der Waals surface area contributed by atoms with Crippen LogP contribution in [0.3, 0.4) is 0 Å². The van der Waals surface area contributed by atoms with E-state index in [1.807, 2.05) is 48.2 Å². The summed E-state index contributed by atoms with van der Waals surface area (Å²) < 4.78 is 0. The van der Waals surface area contributed by atoms with E-state index < -0.39 is 5.54 Å². The summed E-state index contributed by atoms with van der Waals surface area (Å²) in [6.45, 7) is 3.07. The van der Waals surface area contributed by atoms with Crippen molar-refractivity contribution >= 4 is 30.1 Å². The molecule has 3 nitrogen and oxygen atoms in total. The molecule has 3 rings (SSSR count). The maximum Gasteiger partial charge on any atom is 0.222 e. The summed E-state index contributed by atoms with van der Waals surface area (Å²) in [7, 11) is 0. The maximum absolute atomic E-state index is 12.7. The van der Waals surface area contributed by atoms with E-state index in [2.05, 4.69) is 41.8 Å². The van der Waals surface area contributed by atoms with Gasteiger partial charge in [-0.15, -0.1) is 12.4 Å². The van der Waals surface area contributed by atoms with Gasteiger partial charge in [-0.3, -0.25) is 4.79 Å². The summed E-state index contributed by atoms with van der Waals surface area (Å²) in [4.78, 5) is 12.7. The third kappa shape index (κ3) is 5.00. The number of nitrogens with one attached hydrogen (secondary N) is 2. The van der Waals surface area contributed by atoms with E-state index in [9.17, 15) is 4.79 Å². The number of benzene rings is 2. The third-order valence-corrected chi connectivity index (χ3v) is 5.65. The average molecular weight is 377 g/mol. The van der Waals surface area contributed by atoms with Crippen molar-refractivity contribution in [2.45, 2.75) is 24.9 Å². The van der Waals surface area contributed by atoms with Crippen LogP contribution in [0.15, 0.2) is 60.7 Å². The molecule has 1 fully saturated rings. The molecule has 0 aromatic heterocycles. The van der Waals surface area contributed by atoms with Gasteiger partial charge in [0.1, 0.15) is 0 Å². The smallest absolute Gasteiger partial charge is 0.222 e. The summed E-state index contributed by atoms with van der Waals surface area (Å²) >= 11 is 1.91. The highest BCUT2D eigenvalue weighted by Crippen LogP contribution is 2.29. The molecule has 25 heavy (non-hydrogen) atoms. The number of carbonyl (C=O) groups is 1. The number of thioether (sulfide) groups is 1. The van der Waals surface area contributed by atoms with E-state index in [0.717, 1.165) is 29.2 Å². The van der Waals surface area contributed by atoms with Crippen molar-refractivity contribution in [3.8, 4) is 0 Å². The SMILES string of the molecule is CC(NC(=O)CC1CSCCN1)(c1ccccc1)c1ccccc1.Cl. The summed E-state index contributed by atoms with van der Waals surface area (Å²) in [5.74, 6) is 2.22. The first kappa shape index (κ1) is 19.8. The molecule has 2 aromatic carbocycles. The minimum Gasteiger partial charge on any atom is -0.343 e. The molecule has 1 heterocycles. The van der Waals surface area contributed by atoms with Crippen molar-refractivity contribution in [1.82, 2.24) is 10.6 Å². The Balaban J connectivity index is 0.00000225. The van der Waals surface area contributed by atoms with Crippen LogP contribution in [0.5, 0.6) is 0 Å². The molecule has 1 amide bonds. The van der Waals surface area contributed by atoms with Crippen molar-refractivity contribution in [1.29, 1.82) is 0 Å². The molecule has 1 aliphatic heterocycles. The van der Waals surface area contributed by atoms with Crippen LogP contribution >= 0.6 is 24.2 Å². The first-order valence-electron chi connectivity index (χ1n) is 8.42. The lowest BCUT2D eigenvalue weighted by atomic mass is 9.84. The Kier molecular flexibility index (Phi) is 7.36. The predicted octanol–water partition coefficient (Wildman–Crippen LogP) is 3.58. The van der Waals surface area contributed by atoms with Crippen LogP contribution in [0.25, 0.3) is 0 Å². The zero-order chi connectivity index (χ0) is 16.8. The Morgan fingerprint density at radius 1 is 1.12 bits per heavy atom. The second-order valence-corrected chi connectivity index (χ2v) is 7.49. The fourth-order valence-corrected chi connectivity index (χ4v) is 4.11. The molecule has 5 heteroatoms. The Labute approximate surface area is 160 Å². The Hall–Kier alpha value is -1.49. The monoisotopic (exact) mass is 376 g/mol. The van der Waals surface area contributed by atoms with Gasteiger partial charge in [-0.25, -0.2) is 0 Å². The molecule has 1 saturated heterocycles. The number of carbonyl (C=O) groups excluding carboxylic acids is 1. The van der Waals surface area contributed by atoms with Gasteiger partial charge >= 0.3 is 0 Å². The Morgan fingerprint density at radius 2 is 1.68 bits per heavy atom. The van der Waals surface area contributed by atoms with E-state index in [1.54, 1.807) is 0 Å². The molecule has 1 unspecified atom stereocenters. The molecule has 0 spiro atoms. The summed E-state index contributed by atoms with van der Waals surface area (Å²) in [6.07, 6.45) is 0.516. The molecule has 0 saturated carbocycles. The standard InChI is InChI=1S/C20H24N2OS.ClH/c1-20(16-8-4-2-5-9-16,17-10-6-3-7-11-17)22-19(23)14-18-15-24-13-12-21-18;/h2-11,18,21H,12-15H2,1H3,(H,22,23);1H. The van der Waals surface area contributed by atoms with Crippen molar-refractivity contribution < 1.29 is 4.79 Å². The van der Waals surface area contributed by atoms with Crippen molar-refractivity contribution in [2.75, 3.05) is 18.1 Å². The first-order valence-corrected chi connectivity index (χ1v) is 9.57. The highest BCUT2D eigenvalue weighted by atomic mass is 35.5. The highest BCUT2D eigenvalue weighted by molar-refractivity contribution is 7.99. The molecule has 0 radical (unpaired) electrons. The second-order valence-electron chi connectivity index (χ2n) is 6.34. The van der Waals surface area contributed by atoms with Crippen molar-refractivity contribution in [2.24, 2.45) is 0 Å². The number of halogens is 1. The maximum atomic E-state index is 12.7. The van der Waals surface area contributed by atoms with Crippen LogP contribution in [-0.4, -0.2) is 30.0 Å². The Morgan fingerprint density at radius 3 is 2.16 bits per heavy atom.